The molecule has 4 heteroatoms. The first-order valence-corrected chi connectivity index (χ1v) is 6.41. The molecule has 1 aromatic carbocycles. The fourth-order valence-electron chi connectivity index (χ4n) is 2.32. The minimum absolute atomic E-state index is 0.0127. The molecule has 1 saturated carbocycles. The third kappa shape index (κ3) is 4.02. The molecule has 0 amide bonds. The van der Waals surface area contributed by atoms with Gasteiger partial charge in [-0.05, 0) is 43.5 Å². The fraction of sp³-hybridized carbons (Fsp3) is 0.571. The molecule has 100 valence electrons. The van der Waals surface area contributed by atoms with Gasteiger partial charge < -0.3 is 5.32 Å². The van der Waals surface area contributed by atoms with E-state index in [0.717, 1.165) is 18.5 Å². The molecule has 0 atom stereocenters. The van der Waals surface area contributed by atoms with Crippen molar-refractivity contribution in [1.82, 2.24) is 5.32 Å². The number of halogens is 3. The lowest BCUT2D eigenvalue weighted by Crippen LogP contribution is -2.37. The predicted molar refractivity (Wildman–Crippen MR) is 65.3 cm³/mol. The Labute approximate surface area is 105 Å². The van der Waals surface area contributed by atoms with Crippen LogP contribution in [-0.4, -0.2) is 18.5 Å². The van der Waals surface area contributed by atoms with Crippen LogP contribution in [0.15, 0.2) is 24.3 Å². The Morgan fingerprint density at radius 1 is 1.11 bits per heavy atom. The van der Waals surface area contributed by atoms with Crippen LogP contribution in [-0.2, 0) is 6.42 Å². The van der Waals surface area contributed by atoms with E-state index in [4.69, 9.17) is 0 Å². The summed E-state index contributed by atoms with van der Waals surface area (Å²) in [4.78, 5) is 0. The van der Waals surface area contributed by atoms with E-state index in [-0.39, 0.29) is 24.7 Å². The average Bonchev–Trinajstić information content (AvgIpc) is 2.34. The summed E-state index contributed by atoms with van der Waals surface area (Å²) in [6.07, 6.45) is 1.85. The van der Waals surface area contributed by atoms with Crippen molar-refractivity contribution in [2.75, 3.05) is 6.54 Å². The van der Waals surface area contributed by atoms with E-state index in [1.807, 2.05) is 0 Å². The van der Waals surface area contributed by atoms with Crippen LogP contribution in [0.1, 0.15) is 31.2 Å². The zero-order chi connectivity index (χ0) is 13.0. The minimum atomic E-state index is -2.46. The van der Waals surface area contributed by atoms with Crippen LogP contribution in [0.4, 0.5) is 13.2 Å². The number of hydrogen-bond donors (Lipinski definition) is 1. The summed E-state index contributed by atoms with van der Waals surface area (Å²) in [6, 6.07) is 6.59. The number of rotatable bonds is 4. The molecule has 0 radical (unpaired) electrons. The van der Waals surface area contributed by atoms with E-state index in [2.05, 4.69) is 5.32 Å². The molecule has 1 fully saturated rings. The van der Waals surface area contributed by atoms with Crippen LogP contribution < -0.4 is 5.32 Å². The van der Waals surface area contributed by atoms with Gasteiger partial charge in [-0.3, -0.25) is 0 Å². The van der Waals surface area contributed by atoms with Crippen molar-refractivity contribution in [2.24, 2.45) is 0 Å². The molecule has 1 N–H and O–H groups in total. The Hall–Kier alpha value is -1.03. The first-order chi connectivity index (χ1) is 8.55. The van der Waals surface area contributed by atoms with Crippen LogP contribution >= 0.6 is 0 Å². The van der Waals surface area contributed by atoms with E-state index >= 15 is 0 Å². The fourth-order valence-corrected chi connectivity index (χ4v) is 2.32. The molecular weight excluding hydrogens is 239 g/mol. The zero-order valence-electron chi connectivity index (χ0n) is 10.3. The summed E-state index contributed by atoms with van der Waals surface area (Å²) in [5, 5.41) is 3.30. The largest absolute Gasteiger partial charge is 0.314 e. The Morgan fingerprint density at radius 2 is 1.72 bits per heavy atom. The van der Waals surface area contributed by atoms with Gasteiger partial charge in [0.1, 0.15) is 5.82 Å². The molecule has 1 aromatic rings. The molecule has 0 aliphatic heterocycles. The highest BCUT2D eigenvalue weighted by molar-refractivity contribution is 5.16. The Kier molecular flexibility index (Phi) is 4.27. The molecule has 0 heterocycles. The molecule has 18 heavy (non-hydrogen) atoms. The van der Waals surface area contributed by atoms with Crippen molar-refractivity contribution < 1.29 is 13.2 Å². The van der Waals surface area contributed by atoms with Gasteiger partial charge in [0, 0.05) is 18.9 Å². The summed E-state index contributed by atoms with van der Waals surface area (Å²) < 4.78 is 38.6. The number of benzene rings is 1. The molecule has 0 aromatic heterocycles. The normalized spacial score (nSPS) is 19.9. The standard InChI is InChI=1S/C14H18F3N/c15-12-3-1-11(2-4-12)7-10-18-13-5-8-14(16,17)9-6-13/h1-4,13,18H,5-10H2. The SMILES string of the molecule is Fc1ccc(CCNC2CCC(F)(F)CC2)cc1. The van der Waals surface area contributed by atoms with Gasteiger partial charge in [0.15, 0.2) is 0 Å². The van der Waals surface area contributed by atoms with Crippen LogP contribution in [0.2, 0.25) is 0 Å². The van der Waals surface area contributed by atoms with Gasteiger partial charge in [0.05, 0.1) is 0 Å². The van der Waals surface area contributed by atoms with Gasteiger partial charge in [-0.25, -0.2) is 13.2 Å². The topological polar surface area (TPSA) is 12.0 Å². The third-order valence-corrected chi connectivity index (χ3v) is 3.48. The molecule has 1 aliphatic carbocycles. The Morgan fingerprint density at radius 3 is 2.33 bits per heavy atom. The maximum atomic E-state index is 12.9. The van der Waals surface area contributed by atoms with Crippen molar-refractivity contribution in [3.63, 3.8) is 0 Å². The average molecular weight is 257 g/mol. The zero-order valence-corrected chi connectivity index (χ0v) is 10.3. The second-order valence-corrected chi connectivity index (χ2v) is 4.96. The summed E-state index contributed by atoms with van der Waals surface area (Å²) in [6.45, 7) is 0.752. The van der Waals surface area contributed by atoms with E-state index < -0.39 is 5.92 Å². The first-order valence-electron chi connectivity index (χ1n) is 6.41. The van der Waals surface area contributed by atoms with Crippen molar-refractivity contribution in [1.29, 1.82) is 0 Å². The van der Waals surface area contributed by atoms with Crippen molar-refractivity contribution in [3.05, 3.63) is 35.6 Å². The first kappa shape index (κ1) is 13.4. The second kappa shape index (κ2) is 5.74. The van der Waals surface area contributed by atoms with E-state index in [0.29, 0.717) is 12.8 Å². The van der Waals surface area contributed by atoms with Crippen LogP contribution in [0, 0.1) is 5.82 Å². The third-order valence-electron chi connectivity index (χ3n) is 3.48. The highest BCUT2D eigenvalue weighted by atomic mass is 19.3. The summed E-state index contributed by atoms with van der Waals surface area (Å²) >= 11 is 0. The van der Waals surface area contributed by atoms with Gasteiger partial charge >= 0.3 is 0 Å². The summed E-state index contributed by atoms with van der Waals surface area (Å²) in [5.41, 5.74) is 1.06. The second-order valence-electron chi connectivity index (χ2n) is 4.96. The summed E-state index contributed by atoms with van der Waals surface area (Å²) in [7, 11) is 0. The molecule has 1 nitrogen and oxygen atoms in total. The van der Waals surface area contributed by atoms with E-state index in [1.54, 1.807) is 12.1 Å². The number of nitrogens with one attached hydrogen (secondary N) is 1. The molecular formula is C14H18F3N. The molecule has 2 rings (SSSR count). The Balaban J connectivity index is 1.68. The van der Waals surface area contributed by atoms with Gasteiger partial charge in [-0.2, -0.15) is 0 Å². The lowest BCUT2D eigenvalue weighted by atomic mass is 9.92. The van der Waals surface area contributed by atoms with Gasteiger partial charge in [0.25, 0.3) is 0 Å². The molecule has 1 aliphatic rings. The van der Waals surface area contributed by atoms with Gasteiger partial charge in [-0.1, -0.05) is 12.1 Å². The summed E-state index contributed by atoms with van der Waals surface area (Å²) in [5.74, 6) is -2.70. The maximum Gasteiger partial charge on any atom is 0.248 e. The maximum absolute atomic E-state index is 12.9. The van der Waals surface area contributed by atoms with Crippen molar-refractivity contribution >= 4 is 0 Å². The molecule has 0 saturated heterocycles. The quantitative estimate of drug-likeness (QED) is 0.870. The van der Waals surface area contributed by atoms with Crippen LogP contribution in [0.25, 0.3) is 0 Å². The monoisotopic (exact) mass is 257 g/mol. The minimum Gasteiger partial charge on any atom is -0.314 e. The van der Waals surface area contributed by atoms with Crippen LogP contribution in [0.3, 0.4) is 0 Å². The lowest BCUT2D eigenvalue weighted by Gasteiger charge is -2.28. The Bertz CT molecular complexity index is 365. The predicted octanol–water partition coefficient (Wildman–Crippen LogP) is 3.54. The van der Waals surface area contributed by atoms with Gasteiger partial charge in [-0.15, -0.1) is 0 Å². The number of hydrogen-bond acceptors (Lipinski definition) is 1. The van der Waals surface area contributed by atoms with Crippen molar-refractivity contribution in [3.8, 4) is 0 Å². The highest BCUT2D eigenvalue weighted by Gasteiger charge is 2.34. The molecule has 0 unspecified atom stereocenters. The number of alkyl halides is 2. The van der Waals surface area contributed by atoms with E-state index in [1.165, 1.54) is 12.1 Å². The van der Waals surface area contributed by atoms with Crippen molar-refractivity contribution in [2.45, 2.75) is 44.1 Å². The molecule has 0 spiro atoms. The lowest BCUT2D eigenvalue weighted by molar-refractivity contribution is -0.0403. The highest BCUT2D eigenvalue weighted by Crippen LogP contribution is 2.32. The smallest absolute Gasteiger partial charge is 0.248 e. The van der Waals surface area contributed by atoms with E-state index in [9.17, 15) is 13.2 Å². The van der Waals surface area contributed by atoms with Crippen LogP contribution in [0.5, 0.6) is 0 Å². The molecule has 0 bridgehead atoms. The van der Waals surface area contributed by atoms with Gasteiger partial charge in [0.2, 0.25) is 5.92 Å².